The van der Waals surface area contributed by atoms with Crippen LogP contribution in [-0.2, 0) is 35.4 Å². The fourth-order valence-corrected chi connectivity index (χ4v) is 5.75. The number of carbonyl (C=O) groups excluding carboxylic acids is 1. The first-order valence-electron chi connectivity index (χ1n) is 11.1. The lowest BCUT2D eigenvalue weighted by atomic mass is 9.86. The van der Waals surface area contributed by atoms with Gasteiger partial charge in [0.25, 0.3) is 5.91 Å². The average molecular weight is 483 g/mol. The molecule has 1 fully saturated rings. The number of aromatic nitrogens is 2. The van der Waals surface area contributed by atoms with Crippen LogP contribution in [0.1, 0.15) is 58.6 Å². The third-order valence-electron chi connectivity index (χ3n) is 6.64. The number of piperidine rings is 1. The molecular formula is C23H29F3N4O2S. The quantitative estimate of drug-likeness (QED) is 0.627. The molecule has 0 radical (unpaired) electrons. The summed E-state index contributed by atoms with van der Waals surface area (Å²) in [4.78, 5) is 15.0. The van der Waals surface area contributed by atoms with Crippen LogP contribution in [0.3, 0.4) is 0 Å². The van der Waals surface area contributed by atoms with Gasteiger partial charge in [-0.25, -0.2) is 4.31 Å². The molecular weight excluding hydrogens is 453 g/mol. The van der Waals surface area contributed by atoms with Crippen molar-refractivity contribution in [1.29, 1.82) is 0 Å². The average Bonchev–Trinajstić information content (AvgIpc) is 3.15. The summed E-state index contributed by atoms with van der Waals surface area (Å²) in [5, 5.41) is 4.56. The van der Waals surface area contributed by atoms with Gasteiger partial charge in [0.1, 0.15) is 0 Å². The van der Waals surface area contributed by atoms with Gasteiger partial charge in [0.2, 0.25) is 0 Å². The summed E-state index contributed by atoms with van der Waals surface area (Å²) < 4.78 is 56.3. The van der Waals surface area contributed by atoms with E-state index in [9.17, 15) is 22.2 Å². The smallest absolute Gasteiger partial charge is 0.337 e. The highest BCUT2D eigenvalue weighted by atomic mass is 32.2. The van der Waals surface area contributed by atoms with Crippen LogP contribution in [-0.4, -0.2) is 60.9 Å². The van der Waals surface area contributed by atoms with Crippen LogP contribution in [0.25, 0.3) is 0 Å². The molecule has 2 aliphatic rings. The van der Waals surface area contributed by atoms with Crippen molar-refractivity contribution in [2.45, 2.75) is 51.4 Å². The van der Waals surface area contributed by atoms with Gasteiger partial charge in [-0.2, -0.15) is 18.3 Å². The minimum Gasteiger partial charge on any atom is -0.337 e. The topological polar surface area (TPSA) is 58.4 Å². The zero-order valence-electron chi connectivity index (χ0n) is 18.9. The molecule has 0 aliphatic carbocycles. The van der Waals surface area contributed by atoms with E-state index in [0.29, 0.717) is 63.2 Å². The fourth-order valence-electron chi connectivity index (χ4n) is 4.87. The van der Waals surface area contributed by atoms with E-state index in [1.54, 1.807) is 28.0 Å². The Hall–Kier alpha value is -2.33. The van der Waals surface area contributed by atoms with E-state index in [-0.39, 0.29) is 11.8 Å². The minimum absolute atomic E-state index is 0.179. The van der Waals surface area contributed by atoms with Crippen LogP contribution in [0.15, 0.2) is 24.3 Å². The molecule has 33 heavy (non-hydrogen) atoms. The standard InChI is InChI=1S/C23H29F3N4O2S/c1-4-30-20-15-29(33(2,3)32)14-11-18(20)21(27-30)22(31)28-12-9-16(10-13-28)17-7-5-6-8-19(17)23(24,25)26/h5-8,16H,2,4,9-15H2,1,3H3. The third kappa shape index (κ3) is 4.68. The maximum Gasteiger partial charge on any atom is 0.416 e. The maximum atomic E-state index is 13.4. The molecule has 10 heteroatoms. The molecule has 6 nitrogen and oxygen atoms in total. The van der Waals surface area contributed by atoms with E-state index in [1.165, 1.54) is 6.07 Å². The van der Waals surface area contributed by atoms with Crippen LogP contribution >= 0.6 is 0 Å². The largest absolute Gasteiger partial charge is 0.416 e. The Morgan fingerprint density at radius 1 is 1.21 bits per heavy atom. The molecule has 2 aromatic rings. The molecule has 1 amide bonds. The summed E-state index contributed by atoms with van der Waals surface area (Å²) in [6, 6.07) is 5.71. The number of fused-ring (bicyclic) bond motifs is 1. The van der Waals surface area contributed by atoms with E-state index in [1.807, 2.05) is 11.2 Å². The normalized spacial score (nSPS) is 19.8. The molecule has 1 atom stereocenters. The van der Waals surface area contributed by atoms with Crippen LogP contribution in [0.2, 0.25) is 0 Å². The monoisotopic (exact) mass is 482 g/mol. The zero-order valence-corrected chi connectivity index (χ0v) is 19.7. The minimum atomic E-state index is -4.39. The lowest BCUT2D eigenvalue weighted by molar-refractivity contribution is -0.138. The van der Waals surface area contributed by atoms with Crippen molar-refractivity contribution in [3.63, 3.8) is 0 Å². The summed E-state index contributed by atoms with van der Waals surface area (Å²) in [6.45, 7) is 4.27. The van der Waals surface area contributed by atoms with Gasteiger partial charge in [-0.3, -0.25) is 13.7 Å². The molecule has 1 unspecified atom stereocenters. The molecule has 2 aliphatic heterocycles. The van der Waals surface area contributed by atoms with Crippen LogP contribution in [0.4, 0.5) is 13.2 Å². The number of benzene rings is 1. The number of likely N-dealkylation sites (tertiary alicyclic amines) is 1. The van der Waals surface area contributed by atoms with E-state index in [2.05, 4.69) is 11.0 Å². The molecule has 0 bridgehead atoms. The van der Waals surface area contributed by atoms with E-state index >= 15 is 0 Å². The fraction of sp³-hybridized carbons (Fsp3) is 0.522. The summed E-state index contributed by atoms with van der Waals surface area (Å²) in [6.07, 6.45) is -1.27. The molecule has 4 rings (SSSR count). The number of alkyl halides is 3. The summed E-state index contributed by atoms with van der Waals surface area (Å²) >= 11 is 0. The Bertz CT molecular complexity index is 1150. The number of aryl methyl sites for hydroxylation is 1. The SMILES string of the molecule is C=S(C)(=O)N1CCc2c(C(=O)N3CCC(c4ccccc4C(F)(F)F)CC3)nn(CC)c2C1. The van der Waals surface area contributed by atoms with Crippen LogP contribution in [0.5, 0.6) is 0 Å². The predicted octanol–water partition coefficient (Wildman–Crippen LogP) is 3.56. The number of carbonyl (C=O) groups is 1. The van der Waals surface area contributed by atoms with Gasteiger partial charge in [0.15, 0.2) is 5.69 Å². The van der Waals surface area contributed by atoms with Gasteiger partial charge in [0, 0.05) is 47.7 Å². The highest BCUT2D eigenvalue weighted by Crippen LogP contribution is 2.39. The van der Waals surface area contributed by atoms with Crippen molar-refractivity contribution in [1.82, 2.24) is 19.0 Å². The summed E-state index contributed by atoms with van der Waals surface area (Å²) in [7, 11) is -2.35. The van der Waals surface area contributed by atoms with Crippen LogP contribution in [0, 0.1) is 0 Å². The number of amides is 1. The lowest BCUT2D eigenvalue weighted by Gasteiger charge is -2.33. The molecule has 3 heterocycles. The summed E-state index contributed by atoms with van der Waals surface area (Å²) in [5.74, 6) is 3.35. The van der Waals surface area contributed by atoms with Gasteiger partial charge in [-0.15, -0.1) is 0 Å². The zero-order chi connectivity index (χ0) is 24.0. The van der Waals surface area contributed by atoms with Gasteiger partial charge in [0.05, 0.1) is 17.8 Å². The second-order valence-corrected chi connectivity index (χ2v) is 11.2. The molecule has 0 N–H and O–H groups in total. The number of nitrogens with zero attached hydrogens (tertiary/aromatic N) is 4. The highest BCUT2D eigenvalue weighted by Gasteiger charge is 2.37. The van der Waals surface area contributed by atoms with E-state index in [4.69, 9.17) is 0 Å². The van der Waals surface area contributed by atoms with Crippen molar-refractivity contribution in [3.05, 3.63) is 52.3 Å². The molecule has 0 saturated carbocycles. The summed E-state index contributed by atoms with van der Waals surface area (Å²) in [5.41, 5.74) is 1.90. The second kappa shape index (κ2) is 8.79. The Morgan fingerprint density at radius 2 is 1.88 bits per heavy atom. The van der Waals surface area contributed by atoms with Crippen molar-refractivity contribution < 1.29 is 22.2 Å². The van der Waals surface area contributed by atoms with Gasteiger partial charge in [-0.1, -0.05) is 18.2 Å². The lowest BCUT2D eigenvalue weighted by Crippen LogP contribution is -2.39. The van der Waals surface area contributed by atoms with Crippen molar-refractivity contribution in [3.8, 4) is 0 Å². The Kier molecular flexibility index (Phi) is 6.34. The van der Waals surface area contributed by atoms with E-state index < -0.39 is 21.4 Å². The number of hydrogen-bond acceptors (Lipinski definition) is 3. The Morgan fingerprint density at radius 3 is 2.48 bits per heavy atom. The maximum absolute atomic E-state index is 13.4. The predicted molar refractivity (Wildman–Crippen MR) is 123 cm³/mol. The van der Waals surface area contributed by atoms with Gasteiger partial charge < -0.3 is 4.90 Å². The molecule has 1 aromatic carbocycles. The molecule has 1 saturated heterocycles. The third-order valence-corrected chi connectivity index (χ3v) is 8.04. The molecule has 180 valence electrons. The first kappa shape index (κ1) is 23.8. The highest BCUT2D eigenvalue weighted by molar-refractivity contribution is 7.97. The Balaban J connectivity index is 1.51. The Labute approximate surface area is 192 Å². The van der Waals surface area contributed by atoms with Crippen molar-refractivity contribution in [2.24, 2.45) is 0 Å². The van der Waals surface area contributed by atoms with Crippen molar-refractivity contribution in [2.75, 3.05) is 25.9 Å². The number of halogens is 3. The first-order valence-corrected chi connectivity index (χ1v) is 13.2. The van der Waals surface area contributed by atoms with Crippen LogP contribution < -0.4 is 0 Å². The van der Waals surface area contributed by atoms with Gasteiger partial charge in [-0.05, 0) is 49.6 Å². The first-order chi connectivity index (χ1) is 15.5. The van der Waals surface area contributed by atoms with E-state index in [0.717, 1.165) is 17.3 Å². The second-order valence-electron chi connectivity index (χ2n) is 8.81. The van der Waals surface area contributed by atoms with Gasteiger partial charge >= 0.3 is 6.18 Å². The number of hydrogen-bond donors (Lipinski definition) is 0. The molecule has 0 spiro atoms. The molecule has 1 aromatic heterocycles. The number of rotatable bonds is 4. The van der Waals surface area contributed by atoms with Crippen molar-refractivity contribution >= 4 is 21.5 Å².